The van der Waals surface area contributed by atoms with Gasteiger partial charge in [0.1, 0.15) is 5.82 Å². The molecule has 0 bridgehead atoms. The van der Waals surface area contributed by atoms with Crippen LogP contribution in [0.5, 0.6) is 0 Å². The normalized spacial score (nSPS) is 20.6. The molecule has 1 fully saturated rings. The van der Waals surface area contributed by atoms with Gasteiger partial charge in [0.25, 0.3) is 0 Å². The van der Waals surface area contributed by atoms with Gasteiger partial charge in [-0.25, -0.2) is 12.8 Å². The fraction of sp³-hybridized carbons (Fsp3) is 0.435. The van der Waals surface area contributed by atoms with E-state index in [1.165, 1.54) is 27.6 Å². The summed E-state index contributed by atoms with van der Waals surface area (Å²) in [6.07, 6.45) is 3.68. The van der Waals surface area contributed by atoms with Crippen molar-refractivity contribution >= 4 is 15.9 Å². The highest BCUT2D eigenvalue weighted by atomic mass is 32.2. The number of carbonyl (C=O) groups excluding carboxylic acids is 1. The molecule has 166 valence electrons. The first-order chi connectivity index (χ1) is 14.9. The first-order valence-corrected chi connectivity index (χ1v) is 12.2. The molecule has 1 aliphatic carbocycles. The van der Waals surface area contributed by atoms with Crippen LogP contribution in [-0.2, 0) is 21.2 Å². The summed E-state index contributed by atoms with van der Waals surface area (Å²) in [7, 11) is -3.67. The Morgan fingerprint density at radius 3 is 2.58 bits per heavy atom. The van der Waals surface area contributed by atoms with Crippen molar-refractivity contribution in [2.45, 2.75) is 36.6 Å². The van der Waals surface area contributed by atoms with E-state index in [9.17, 15) is 17.6 Å². The summed E-state index contributed by atoms with van der Waals surface area (Å²) < 4.78 is 40.3. The quantitative estimate of drug-likeness (QED) is 0.768. The molecule has 31 heavy (non-hydrogen) atoms. The number of sulfonamides is 1. The molecule has 0 unspecified atom stereocenters. The number of benzene rings is 2. The lowest BCUT2D eigenvalue weighted by Gasteiger charge is -2.28. The number of halogens is 1. The first kappa shape index (κ1) is 21.9. The lowest BCUT2D eigenvalue weighted by atomic mass is 9.88. The van der Waals surface area contributed by atoms with E-state index in [0.717, 1.165) is 31.4 Å². The third-order valence-electron chi connectivity index (χ3n) is 6.07. The van der Waals surface area contributed by atoms with Crippen LogP contribution >= 0.6 is 0 Å². The fourth-order valence-electron chi connectivity index (χ4n) is 4.45. The number of rotatable bonds is 5. The summed E-state index contributed by atoms with van der Waals surface area (Å²) in [6.45, 7) is 2.08. The Kier molecular flexibility index (Phi) is 6.69. The van der Waals surface area contributed by atoms with E-state index < -0.39 is 15.8 Å². The van der Waals surface area contributed by atoms with Crippen molar-refractivity contribution in [3.8, 4) is 0 Å². The van der Waals surface area contributed by atoms with Gasteiger partial charge < -0.3 is 5.32 Å². The Hall–Kier alpha value is -2.29. The second kappa shape index (κ2) is 9.46. The SMILES string of the molecule is O=C(CN1CCCN(S(=O)(=O)c2ccc(F)cc2)CC1)N[C@@H]1CCCc2ccccc21. The standard InChI is InChI=1S/C23H28FN3O3S/c24-19-9-11-20(12-10-19)31(29,30)27-14-4-13-26(15-16-27)17-23(28)25-22-8-3-6-18-5-1-2-7-21(18)22/h1-2,5,7,9-12,22H,3-4,6,8,13-17H2,(H,25,28)/t22-/m1/s1. The third kappa shape index (κ3) is 5.14. The van der Waals surface area contributed by atoms with Crippen molar-refractivity contribution < 1.29 is 17.6 Å². The van der Waals surface area contributed by atoms with Gasteiger partial charge in [-0.2, -0.15) is 4.31 Å². The molecular weight excluding hydrogens is 417 g/mol. The van der Waals surface area contributed by atoms with Crippen molar-refractivity contribution in [2.24, 2.45) is 0 Å². The molecule has 0 radical (unpaired) electrons. The van der Waals surface area contributed by atoms with Crippen molar-refractivity contribution in [1.82, 2.24) is 14.5 Å². The van der Waals surface area contributed by atoms with Crippen molar-refractivity contribution in [1.29, 1.82) is 0 Å². The molecule has 2 aliphatic rings. The zero-order valence-electron chi connectivity index (χ0n) is 17.5. The molecule has 6 nitrogen and oxygen atoms in total. The molecule has 1 N–H and O–H groups in total. The molecule has 1 heterocycles. The summed E-state index contributed by atoms with van der Waals surface area (Å²) in [5.41, 5.74) is 2.50. The molecule has 8 heteroatoms. The molecule has 2 aromatic carbocycles. The highest BCUT2D eigenvalue weighted by molar-refractivity contribution is 7.89. The maximum Gasteiger partial charge on any atom is 0.243 e. The number of nitrogens with zero attached hydrogens (tertiary/aromatic N) is 2. The molecule has 4 rings (SSSR count). The largest absolute Gasteiger partial charge is 0.348 e. The monoisotopic (exact) mass is 445 g/mol. The van der Waals surface area contributed by atoms with Crippen LogP contribution in [0.1, 0.15) is 36.4 Å². The van der Waals surface area contributed by atoms with Crippen LogP contribution in [0.15, 0.2) is 53.4 Å². The van der Waals surface area contributed by atoms with Crippen LogP contribution in [0.2, 0.25) is 0 Å². The molecule has 1 saturated heterocycles. The smallest absolute Gasteiger partial charge is 0.243 e. The molecule has 0 spiro atoms. The summed E-state index contributed by atoms with van der Waals surface area (Å²) in [5, 5.41) is 3.17. The Bertz CT molecular complexity index is 1030. The fourth-order valence-corrected chi connectivity index (χ4v) is 5.92. The minimum absolute atomic E-state index is 0.0310. The van der Waals surface area contributed by atoms with Crippen molar-refractivity contribution in [3.05, 3.63) is 65.5 Å². The van der Waals surface area contributed by atoms with E-state index in [1.54, 1.807) is 0 Å². The number of aryl methyl sites for hydroxylation is 1. The van der Waals surface area contributed by atoms with Gasteiger partial charge >= 0.3 is 0 Å². The molecule has 2 aromatic rings. The third-order valence-corrected chi connectivity index (χ3v) is 7.98. The van der Waals surface area contributed by atoms with Crippen molar-refractivity contribution in [3.63, 3.8) is 0 Å². The van der Waals surface area contributed by atoms with Crippen LogP contribution in [0.25, 0.3) is 0 Å². The highest BCUT2D eigenvalue weighted by Gasteiger charge is 2.28. The molecular formula is C23H28FN3O3S. The van der Waals surface area contributed by atoms with Gasteiger partial charge in [0.05, 0.1) is 17.5 Å². The van der Waals surface area contributed by atoms with E-state index in [2.05, 4.69) is 17.4 Å². The average Bonchev–Trinajstić information content (AvgIpc) is 3.00. The van der Waals surface area contributed by atoms with E-state index >= 15 is 0 Å². The average molecular weight is 446 g/mol. The number of hydrogen-bond donors (Lipinski definition) is 1. The maximum atomic E-state index is 13.2. The zero-order chi connectivity index (χ0) is 21.8. The van der Waals surface area contributed by atoms with E-state index in [-0.39, 0.29) is 23.4 Å². The van der Waals surface area contributed by atoms with Crippen LogP contribution < -0.4 is 5.32 Å². The topological polar surface area (TPSA) is 69.7 Å². The number of nitrogens with one attached hydrogen (secondary N) is 1. The minimum atomic E-state index is -3.67. The van der Waals surface area contributed by atoms with Gasteiger partial charge in [0, 0.05) is 19.6 Å². The molecule has 1 atom stereocenters. The minimum Gasteiger partial charge on any atom is -0.348 e. The lowest BCUT2D eigenvalue weighted by molar-refractivity contribution is -0.123. The Morgan fingerprint density at radius 2 is 1.77 bits per heavy atom. The molecule has 1 amide bonds. The van der Waals surface area contributed by atoms with Crippen LogP contribution in [0, 0.1) is 5.82 Å². The highest BCUT2D eigenvalue weighted by Crippen LogP contribution is 2.29. The number of fused-ring (bicyclic) bond motifs is 1. The number of hydrogen-bond acceptors (Lipinski definition) is 4. The predicted molar refractivity (Wildman–Crippen MR) is 116 cm³/mol. The van der Waals surface area contributed by atoms with Gasteiger partial charge in [0.2, 0.25) is 15.9 Å². The van der Waals surface area contributed by atoms with E-state index in [4.69, 9.17) is 0 Å². The van der Waals surface area contributed by atoms with E-state index in [1.807, 2.05) is 17.0 Å². The van der Waals surface area contributed by atoms with E-state index in [0.29, 0.717) is 32.6 Å². The van der Waals surface area contributed by atoms with Gasteiger partial charge in [-0.05, 0) is 67.6 Å². The number of carbonyl (C=O) groups is 1. The summed E-state index contributed by atoms with van der Waals surface area (Å²) in [5.74, 6) is -0.496. The number of amides is 1. The summed E-state index contributed by atoms with van der Waals surface area (Å²) >= 11 is 0. The Balaban J connectivity index is 1.34. The van der Waals surface area contributed by atoms with Gasteiger partial charge in [-0.3, -0.25) is 9.69 Å². The van der Waals surface area contributed by atoms with Gasteiger partial charge in [-0.15, -0.1) is 0 Å². The first-order valence-electron chi connectivity index (χ1n) is 10.8. The Morgan fingerprint density at radius 1 is 1.00 bits per heavy atom. The van der Waals surface area contributed by atoms with Gasteiger partial charge in [-0.1, -0.05) is 24.3 Å². The van der Waals surface area contributed by atoms with Crippen LogP contribution in [0.4, 0.5) is 4.39 Å². The predicted octanol–water partition coefficient (Wildman–Crippen LogP) is 2.72. The zero-order valence-corrected chi connectivity index (χ0v) is 18.3. The molecule has 0 aromatic heterocycles. The Labute approximate surface area is 183 Å². The van der Waals surface area contributed by atoms with Crippen LogP contribution in [0.3, 0.4) is 0 Å². The molecule has 1 aliphatic heterocycles. The second-order valence-corrected chi connectivity index (χ2v) is 10.1. The van der Waals surface area contributed by atoms with Crippen LogP contribution in [-0.4, -0.2) is 56.3 Å². The second-order valence-electron chi connectivity index (χ2n) is 8.20. The lowest BCUT2D eigenvalue weighted by Crippen LogP contribution is -2.41. The summed E-state index contributed by atoms with van der Waals surface area (Å²) in [6, 6.07) is 13.2. The summed E-state index contributed by atoms with van der Waals surface area (Å²) in [4.78, 5) is 14.8. The molecule has 0 saturated carbocycles. The van der Waals surface area contributed by atoms with Crippen molar-refractivity contribution in [2.75, 3.05) is 32.7 Å². The maximum absolute atomic E-state index is 13.2. The van der Waals surface area contributed by atoms with Gasteiger partial charge in [0.15, 0.2) is 0 Å².